The molecule has 4 heteroatoms. The molecule has 0 aromatic carbocycles. The second kappa shape index (κ2) is 5.83. The number of nitrogens with zero attached hydrogens (tertiary/aromatic N) is 2. The highest BCUT2D eigenvalue weighted by Gasteiger charge is 2.24. The van der Waals surface area contributed by atoms with Crippen molar-refractivity contribution >= 4 is 22.8 Å². The Labute approximate surface area is 113 Å². The Morgan fingerprint density at radius 3 is 2.94 bits per heavy atom. The molecule has 0 spiro atoms. The molecule has 2 heterocycles. The van der Waals surface area contributed by atoms with E-state index in [1.165, 1.54) is 19.3 Å². The van der Waals surface area contributed by atoms with Gasteiger partial charge in [0.25, 0.3) is 0 Å². The lowest BCUT2D eigenvalue weighted by Crippen LogP contribution is -2.37. The molecule has 0 saturated carbocycles. The van der Waals surface area contributed by atoms with Crippen molar-refractivity contribution in [2.45, 2.75) is 58.4 Å². The van der Waals surface area contributed by atoms with E-state index in [-0.39, 0.29) is 0 Å². The minimum absolute atomic E-state index is 0.371. The van der Waals surface area contributed by atoms with E-state index < -0.39 is 0 Å². The molecule has 1 saturated heterocycles. The van der Waals surface area contributed by atoms with Gasteiger partial charge in [-0.1, -0.05) is 25.2 Å². The second-order valence-corrected chi connectivity index (χ2v) is 6.22. The summed E-state index contributed by atoms with van der Waals surface area (Å²) in [6, 6.07) is 0.550. The molecule has 2 unspecified atom stereocenters. The van der Waals surface area contributed by atoms with E-state index in [4.69, 9.17) is 4.98 Å². The SMILES string of the molecule is CCC(C)c1nc(N2CCCCC2C)sc1C=O. The highest BCUT2D eigenvalue weighted by atomic mass is 32.1. The fourth-order valence-electron chi connectivity index (χ4n) is 2.47. The molecule has 0 amide bonds. The fourth-order valence-corrected chi connectivity index (χ4v) is 3.60. The van der Waals surface area contributed by atoms with Gasteiger partial charge in [-0.05, 0) is 38.5 Å². The molecule has 0 bridgehead atoms. The van der Waals surface area contributed by atoms with Crippen LogP contribution in [-0.2, 0) is 0 Å². The number of piperidine rings is 1. The summed E-state index contributed by atoms with van der Waals surface area (Å²) >= 11 is 1.56. The maximum absolute atomic E-state index is 11.2. The highest BCUT2D eigenvalue weighted by Crippen LogP contribution is 2.33. The summed E-state index contributed by atoms with van der Waals surface area (Å²) < 4.78 is 0. The van der Waals surface area contributed by atoms with Crippen LogP contribution < -0.4 is 4.90 Å². The molecule has 100 valence electrons. The Balaban J connectivity index is 2.28. The van der Waals surface area contributed by atoms with Gasteiger partial charge in [-0.2, -0.15) is 0 Å². The lowest BCUT2D eigenvalue weighted by atomic mass is 10.0. The third-order valence-corrected chi connectivity index (χ3v) is 4.94. The number of anilines is 1. The third kappa shape index (κ3) is 2.58. The topological polar surface area (TPSA) is 33.2 Å². The molecule has 2 atom stereocenters. The minimum Gasteiger partial charge on any atom is -0.345 e. The smallest absolute Gasteiger partial charge is 0.186 e. The molecule has 1 fully saturated rings. The molecule has 1 aromatic rings. The largest absolute Gasteiger partial charge is 0.345 e. The number of thiazole rings is 1. The van der Waals surface area contributed by atoms with E-state index in [0.717, 1.165) is 35.0 Å². The third-order valence-electron chi connectivity index (χ3n) is 3.90. The molecular weight excluding hydrogens is 244 g/mol. The minimum atomic E-state index is 0.371. The van der Waals surface area contributed by atoms with Crippen molar-refractivity contribution in [2.75, 3.05) is 11.4 Å². The Morgan fingerprint density at radius 2 is 2.33 bits per heavy atom. The van der Waals surface area contributed by atoms with Gasteiger partial charge in [0, 0.05) is 12.6 Å². The molecule has 0 aliphatic carbocycles. The zero-order valence-corrected chi connectivity index (χ0v) is 12.3. The van der Waals surface area contributed by atoms with Crippen LogP contribution in [0.4, 0.5) is 5.13 Å². The van der Waals surface area contributed by atoms with Gasteiger partial charge in [0.2, 0.25) is 0 Å². The Bertz CT molecular complexity index is 416. The van der Waals surface area contributed by atoms with Crippen molar-refractivity contribution in [2.24, 2.45) is 0 Å². The van der Waals surface area contributed by atoms with Gasteiger partial charge in [-0.3, -0.25) is 4.79 Å². The maximum atomic E-state index is 11.2. The maximum Gasteiger partial charge on any atom is 0.186 e. The van der Waals surface area contributed by atoms with Crippen LogP contribution in [0, 0.1) is 0 Å². The van der Waals surface area contributed by atoms with Crippen LogP contribution in [0.2, 0.25) is 0 Å². The van der Waals surface area contributed by atoms with Crippen molar-refractivity contribution in [1.29, 1.82) is 0 Å². The first-order valence-corrected chi connectivity index (χ1v) is 7.71. The average Bonchev–Trinajstić information content (AvgIpc) is 2.82. The molecule has 18 heavy (non-hydrogen) atoms. The number of aldehydes is 1. The van der Waals surface area contributed by atoms with Crippen molar-refractivity contribution in [3.05, 3.63) is 10.6 Å². The number of aromatic nitrogens is 1. The summed E-state index contributed by atoms with van der Waals surface area (Å²) in [5.74, 6) is 0.371. The zero-order chi connectivity index (χ0) is 13.1. The Morgan fingerprint density at radius 1 is 1.56 bits per heavy atom. The number of hydrogen-bond acceptors (Lipinski definition) is 4. The molecule has 2 rings (SSSR count). The van der Waals surface area contributed by atoms with Gasteiger partial charge in [0.15, 0.2) is 11.4 Å². The predicted molar refractivity (Wildman–Crippen MR) is 76.9 cm³/mol. The van der Waals surface area contributed by atoms with Crippen LogP contribution in [0.25, 0.3) is 0 Å². The van der Waals surface area contributed by atoms with Gasteiger partial charge in [-0.25, -0.2) is 4.98 Å². The number of carbonyl (C=O) groups is 1. The summed E-state index contributed by atoms with van der Waals surface area (Å²) in [5, 5.41) is 1.04. The van der Waals surface area contributed by atoms with Crippen LogP contribution in [-0.4, -0.2) is 23.9 Å². The molecule has 1 aliphatic rings. The molecule has 1 aliphatic heterocycles. The van der Waals surface area contributed by atoms with Gasteiger partial charge in [0.1, 0.15) is 0 Å². The molecular formula is C14H22N2OS. The van der Waals surface area contributed by atoms with Gasteiger partial charge in [-0.15, -0.1) is 0 Å². The van der Waals surface area contributed by atoms with E-state index in [1.54, 1.807) is 11.3 Å². The molecule has 1 aromatic heterocycles. The normalized spacial score (nSPS) is 21.9. The predicted octanol–water partition coefficient (Wildman–Crippen LogP) is 3.85. The fraction of sp³-hybridized carbons (Fsp3) is 0.714. The Hall–Kier alpha value is -0.900. The Kier molecular flexibility index (Phi) is 4.38. The summed E-state index contributed by atoms with van der Waals surface area (Å²) in [4.78, 5) is 19.1. The number of carbonyl (C=O) groups excluding carboxylic acids is 1. The zero-order valence-electron chi connectivity index (χ0n) is 11.5. The van der Waals surface area contributed by atoms with Crippen LogP contribution >= 0.6 is 11.3 Å². The summed E-state index contributed by atoms with van der Waals surface area (Å²) in [5.41, 5.74) is 0.991. The standard InChI is InChI=1S/C14H22N2OS/c1-4-10(2)13-12(9-17)18-14(15-13)16-8-6-5-7-11(16)3/h9-11H,4-8H2,1-3H3. The molecule has 0 N–H and O–H groups in total. The first-order chi connectivity index (χ1) is 8.67. The van der Waals surface area contributed by atoms with Crippen LogP contribution in [0.1, 0.15) is 67.7 Å². The van der Waals surface area contributed by atoms with Crippen molar-refractivity contribution in [1.82, 2.24) is 4.98 Å². The van der Waals surface area contributed by atoms with Crippen molar-refractivity contribution in [3.63, 3.8) is 0 Å². The van der Waals surface area contributed by atoms with E-state index in [1.807, 2.05) is 0 Å². The summed E-state index contributed by atoms with van der Waals surface area (Å²) in [6.07, 6.45) is 5.77. The molecule has 0 radical (unpaired) electrons. The number of rotatable bonds is 4. The van der Waals surface area contributed by atoms with Crippen LogP contribution in [0.5, 0.6) is 0 Å². The summed E-state index contributed by atoms with van der Waals surface area (Å²) in [6.45, 7) is 7.62. The first-order valence-electron chi connectivity index (χ1n) is 6.89. The van der Waals surface area contributed by atoms with E-state index in [2.05, 4.69) is 25.7 Å². The van der Waals surface area contributed by atoms with E-state index in [0.29, 0.717) is 12.0 Å². The van der Waals surface area contributed by atoms with Gasteiger partial charge < -0.3 is 4.90 Å². The lowest BCUT2D eigenvalue weighted by Gasteiger charge is -2.33. The van der Waals surface area contributed by atoms with Crippen molar-refractivity contribution in [3.8, 4) is 0 Å². The van der Waals surface area contributed by atoms with Crippen LogP contribution in [0.3, 0.4) is 0 Å². The highest BCUT2D eigenvalue weighted by molar-refractivity contribution is 7.17. The summed E-state index contributed by atoms with van der Waals surface area (Å²) in [7, 11) is 0. The monoisotopic (exact) mass is 266 g/mol. The van der Waals surface area contributed by atoms with Crippen LogP contribution in [0.15, 0.2) is 0 Å². The van der Waals surface area contributed by atoms with Gasteiger partial charge in [0.05, 0.1) is 10.6 Å². The quantitative estimate of drug-likeness (QED) is 0.776. The first kappa shape index (κ1) is 13.5. The average molecular weight is 266 g/mol. The van der Waals surface area contributed by atoms with E-state index >= 15 is 0 Å². The second-order valence-electron chi connectivity index (χ2n) is 5.21. The van der Waals surface area contributed by atoms with Gasteiger partial charge >= 0.3 is 0 Å². The number of hydrogen-bond donors (Lipinski definition) is 0. The lowest BCUT2D eigenvalue weighted by molar-refractivity contribution is 0.112. The van der Waals surface area contributed by atoms with Crippen molar-refractivity contribution < 1.29 is 4.79 Å². The van der Waals surface area contributed by atoms with E-state index in [9.17, 15) is 4.79 Å². The molecule has 3 nitrogen and oxygen atoms in total.